The third kappa shape index (κ3) is 2.95. The van der Waals surface area contributed by atoms with Gasteiger partial charge in [-0.3, -0.25) is 4.98 Å². The predicted molar refractivity (Wildman–Crippen MR) is 70.3 cm³/mol. The van der Waals surface area contributed by atoms with E-state index >= 15 is 0 Å². The van der Waals surface area contributed by atoms with Crippen LogP contribution in [0.4, 0.5) is 13.2 Å². The first-order valence-electron chi connectivity index (χ1n) is 6.13. The predicted octanol–water partition coefficient (Wildman–Crippen LogP) is 3.69. The molecule has 0 saturated heterocycles. The van der Waals surface area contributed by atoms with Gasteiger partial charge in [-0.05, 0) is 32.8 Å². The van der Waals surface area contributed by atoms with Crippen LogP contribution in [0.25, 0.3) is 11.0 Å². The minimum atomic E-state index is -4.36. The molecule has 0 N–H and O–H groups in total. The first-order chi connectivity index (χ1) is 9.29. The monoisotopic (exact) mass is 281 g/mol. The van der Waals surface area contributed by atoms with Gasteiger partial charge in [0.05, 0.1) is 22.6 Å². The number of fused-ring (bicyclic) bond motifs is 1. The Morgan fingerprint density at radius 3 is 2.50 bits per heavy atom. The summed E-state index contributed by atoms with van der Waals surface area (Å²) in [7, 11) is 0. The van der Waals surface area contributed by atoms with Gasteiger partial charge in [0, 0.05) is 11.8 Å². The first kappa shape index (κ1) is 14.4. The maximum atomic E-state index is 12.4. The first-order valence-corrected chi connectivity index (χ1v) is 6.13. The molecular formula is C14H14F3N3. The van der Waals surface area contributed by atoms with Gasteiger partial charge in [-0.25, -0.2) is 9.97 Å². The fourth-order valence-electron chi connectivity index (χ4n) is 1.80. The molecule has 0 bridgehead atoms. The van der Waals surface area contributed by atoms with Crippen molar-refractivity contribution >= 4 is 11.0 Å². The second-order valence-electron chi connectivity index (χ2n) is 4.62. The average molecular weight is 281 g/mol. The van der Waals surface area contributed by atoms with Crippen molar-refractivity contribution in [3.8, 4) is 0 Å². The standard InChI is InChI=1S/C14H14F3N3/c1-8(14(15,16)17)4-5-11-13-12(6-7-18-11)19-9(2)10(3)20-13/h6-7H,1,4-5H2,2-3H3. The molecule has 6 heteroatoms. The number of nitrogens with zero attached hydrogens (tertiary/aromatic N) is 3. The van der Waals surface area contributed by atoms with E-state index in [1.54, 1.807) is 6.07 Å². The fourth-order valence-corrected chi connectivity index (χ4v) is 1.80. The molecule has 2 aromatic rings. The van der Waals surface area contributed by atoms with Gasteiger partial charge in [-0.2, -0.15) is 13.2 Å². The molecule has 0 aliphatic heterocycles. The Morgan fingerprint density at radius 2 is 1.85 bits per heavy atom. The number of hydrogen-bond donors (Lipinski definition) is 0. The lowest BCUT2D eigenvalue weighted by Crippen LogP contribution is -2.12. The lowest BCUT2D eigenvalue weighted by Gasteiger charge is -2.10. The van der Waals surface area contributed by atoms with Gasteiger partial charge in [0.2, 0.25) is 0 Å². The summed E-state index contributed by atoms with van der Waals surface area (Å²) < 4.78 is 37.3. The molecule has 106 valence electrons. The van der Waals surface area contributed by atoms with Gasteiger partial charge in [-0.1, -0.05) is 6.58 Å². The van der Waals surface area contributed by atoms with Gasteiger partial charge >= 0.3 is 6.18 Å². The molecule has 0 fully saturated rings. The summed E-state index contributed by atoms with van der Waals surface area (Å²) in [5, 5.41) is 0. The summed E-state index contributed by atoms with van der Waals surface area (Å²) in [5.41, 5.74) is 2.52. The molecule has 2 aromatic heterocycles. The van der Waals surface area contributed by atoms with Gasteiger partial charge in [-0.15, -0.1) is 0 Å². The van der Waals surface area contributed by atoms with Gasteiger partial charge in [0.1, 0.15) is 5.52 Å². The summed E-state index contributed by atoms with van der Waals surface area (Å²) >= 11 is 0. The topological polar surface area (TPSA) is 38.7 Å². The van der Waals surface area contributed by atoms with Crippen LogP contribution in [0, 0.1) is 13.8 Å². The normalized spacial score (nSPS) is 11.8. The van der Waals surface area contributed by atoms with Crippen LogP contribution in [-0.4, -0.2) is 21.1 Å². The summed E-state index contributed by atoms with van der Waals surface area (Å²) in [4.78, 5) is 12.9. The van der Waals surface area contributed by atoms with E-state index in [0.29, 0.717) is 16.7 Å². The van der Waals surface area contributed by atoms with Crippen LogP contribution in [0.5, 0.6) is 0 Å². The minimum Gasteiger partial charge on any atom is -0.259 e. The van der Waals surface area contributed by atoms with E-state index in [2.05, 4.69) is 21.5 Å². The molecule has 0 radical (unpaired) electrons. The van der Waals surface area contributed by atoms with Crippen LogP contribution in [0.3, 0.4) is 0 Å². The third-order valence-electron chi connectivity index (χ3n) is 3.13. The molecule has 2 rings (SSSR count). The lowest BCUT2D eigenvalue weighted by molar-refractivity contribution is -0.0935. The molecule has 0 aliphatic carbocycles. The van der Waals surface area contributed by atoms with Crippen LogP contribution >= 0.6 is 0 Å². The highest BCUT2D eigenvalue weighted by Gasteiger charge is 2.31. The molecule has 0 spiro atoms. The van der Waals surface area contributed by atoms with Crippen LogP contribution < -0.4 is 0 Å². The number of rotatable bonds is 3. The second kappa shape index (κ2) is 5.19. The Kier molecular flexibility index (Phi) is 3.74. The maximum absolute atomic E-state index is 12.4. The smallest absolute Gasteiger partial charge is 0.259 e. The number of pyridine rings is 1. The molecule has 0 unspecified atom stereocenters. The highest BCUT2D eigenvalue weighted by molar-refractivity contribution is 5.76. The number of alkyl halides is 3. The Balaban J connectivity index is 2.31. The molecule has 20 heavy (non-hydrogen) atoms. The Bertz CT molecular complexity index is 662. The van der Waals surface area contributed by atoms with Crippen LogP contribution in [0.15, 0.2) is 24.4 Å². The number of allylic oxidation sites excluding steroid dienone is 1. The Labute approximate surface area is 114 Å². The molecule has 0 atom stereocenters. The van der Waals surface area contributed by atoms with Crippen molar-refractivity contribution < 1.29 is 13.2 Å². The van der Waals surface area contributed by atoms with E-state index in [0.717, 1.165) is 11.4 Å². The molecule has 3 nitrogen and oxygen atoms in total. The third-order valence-corrected chi connectivity index (χ3v) is 3.13. The van der Waals surface area contributed by atoms with E-state index < -0.39 is 11.7 Å². The fraction of sp³-hybridized carbons (Fsp3) is 0.357. The molecule has 2 heterocycles. The van der Waals surface area contributed by atoms with Crippen molar-refractivity contribution in [2.45, 2.75) is 32.9 Å². The van der Waals surface area contributed by atoms with E-state index in [4.69, 9.17) is 0 Å². The van der Waals surface area contributed by atoms with Crippen molar-refractivity contribution in [2.24, 2.45) is 0 Å². The van der Waals surface area contributed by atoms with E-state index in [-0.39, 0.29) is 12.8 Å². The summed E-state index contributed by atoms with van der Waals surface area (Å²) in [6.45, 7) is 6.72. The summed E-state index contributed by atoms with van der Waals surface area (Å²) in [6.07, 6.45) is -2.86. The van der Waals surface area contributed by atoms with Crippen molar-refractivity contribution in [1.29, 1.82) is 0 Å². The quantitative estimate of drug-likeness (QED) is 0.805. The Morgan fingerprint density at radius 1 is 1.20 bits per heavy atom. The van der Waals surface area contributed by atoms with E-state index in [1.807, 2.05) is 13.8 Å². The summed E-state index contributed by atoms with van der Waals surface area (Å²) in [6, 6.07) is 1.71. The maximum Gasteiger partial charge on any atom is 0.412 e. The van der Waals surface area contributed by atoms with Gasteiger partial charge in [0.25, 0.3) is 0 Å². The average Bonchev–Trinajstić information content (AvgIpc) is 2.36. The van der Waals surface area contributed by atoms with Gasteiger partial charge in [0.15, 0.2) is 0 Å². The number of halogens is 3. The molecule has 0 saturated carbocycles. The van der Waals surface area contributed by atoms with Crippen LogP contribution in [0.1, 0.15) is 23.5 Å². The molecule has 0 aliphatic rings. The van der Waals surface area contributed by atoms with Crippen molar-refractivity contribution in [3.05, 3.63) is 41.5 Å². The number of aryl methyl sites for hydroxylation is 3. The zero-order valence-electron chi connectivity index (χ0n) is 11.3. The zero-order chi connectivity index (χ0) is 14.9. The molecule has 0 amide bonds. The summed E-state index contributed by atoms with van der Waals surface area (Å²) in [5.74, 6) is 0. The highest BCUT2D eigenvalue weighted by Crippen LogP contribution is 2.28. The SMILES string of the molecule is C=C(CCc1nccc2nc(C)c(C)nc12)C(F)(F)F. The Hall–Kier alpha value is -1.98. The van der Waals surface area contributed by atoms with E-state index in [9.17, 15) is 13.2 Å². The van der Waals surface area contributed by atoms with Crippen molar-refractivity contribution in [1.82, 2.24) is 15.0 Å². The van der Waals surface area contributed by atoms with Crippen LogP contribution in [0.2, 0.25) is 0 Å². The van der Waals surface area contributed by atoms with Crippen LogP contribution in [-0.2, 0) is 6.42 Å². The second-order valence-corrected chi connectivity index (χ2v) is 4.62. The van der Waals surface area contributed by atoms with E-state index in [1.165, 1.54) is 6.20 Å². The largest absolute Gasteiger partial charge is 0.412 e. The zero-order valence-corrected chi connectivity index (χ0v) is 11.3. The van der Waals surface area contributed by atoms with Crippen molar-refractivity contribution in [2.75, 3.05) is 0 Å². The minimum absolute atomic E-state index is 0.146. The van der Waals surface area contributed by atoms with Gasteiger partial charge < -0.3 is 0 Å². The molecule has 0 aromatic carbocycles. The lowest BCUT2D eigenvalue weighted by atomic mass is 10.1. The number of hydrogen-bond acceptors (Lipinski definition) is 3. The number of aromatic nitrogens is 3. The van der Waals surface area contributed by atoms with Crippen molar-refractivity contribution in [3.63, 3.8) is 0 Å². The molecular weight excluding hydrogens is 267 g/mol. The highest BCUT2D eigenvalue weighted by atomic mass is 19.4.